The van der Waals surface area contributed by atoms with Gasteiger partial charge in [-0.1, -0.05) is 11.6 Å². The van der Waals surface area contributed by atoms with Gasteiger partial charge in [0.25, 0.3) is 0 Å². The molecule has 0 aliphatic carbocycles. The van der Waals surface area contributed by atoms with Crippen molar-refractivity contribution in [3.05, 3.63) is 46.0 Å². The summed E-state index contributed by atoms with van der Waals surface area (Å²) in [5, 5.41) is 4.77. The molecular weight excluding hydrogens is 255 g/mol. The lowest BCUT2D eigenvalue weighted by Gasteiger charge is -2.08. The molecule has 1 aromatic carbocycles. The second kappa shape index (κ2) is 4.98. The summed E-state index contributed by atoms with van der Waals surface area (Å²) in [6.45, 7) is 4.00. The molecule has 0 spiro atoms. The molecule has 0 fully saturated rings. The van der Waals surface area contributed by atoms with E-state index in [9.17, 15) is 4.39 Å². The van der Waals surface area contributed by atoms with Gasteiger partial charge in [-0.2, -0.15) is 5.10 Å². The van der Waals surface area contributed by atoms with Gasteiger partial charge in [-0.3, -0.25) is 4.68 Å². The Morgan fingerprint density at radius 2 is 2.11 bits per heavy atom. The first-order chi connectivity index (χ1) is 8.49. The zero-order valence-corrected chi connectivity index (χ0v) is 11.3. The minimum atomic E-state index is -0.268. The minimum absolute atomic E-state index is 0.268. The molecule has 18 heavy (non-hydrogen) atoms. The van der Waals surface area contributed by atoms with Gasteiger partial charge in [0.2, 0.25) is 0 Å². The molecule has 96 valence electrons. The van der Waals surface area contributed by atoms with E-state index in [2.05, 4.69) is 5.10 Å². The van der Waals surface area contributed by atoms with Crippen LogP contribution >= 0.6 is 11.6 Å². The van der Waals surface area contributed by atoms with Gasteiger partial charge in [0.15, 0.2) is 0 Å². The molecule has 5 heteroatoms. The van der Waals surface area contributed by atoms with Crippen LogP contribution in [0.25, 0.3) is 0 Å². The third-order valence-corrected chi connectivity index (χ3v) is 3.25. The van der Waals surface area contributed by atoms with Crippen molar-refractivity contribution in [1.29, 1.82) is 0 Å². The molecule has 0 radical (unpaired) electrons. The number of halogens is 2. The fraction of sp³-hybridized carbons (Fsp3) is 0.308. The maximum atomic E-state index is 13.0. The van der Waals surface area contributed by atoms with Crippen molar-refractivity contribution in [2.24, 2.45) is 7.05 Å². The Morgan fingerprint density at radius 1 is 1.39 bits per heavy atom. The normalized spacial score (nSPS) is 10.7. The van der Waals surface area contributed by atoms with E-state index >= 15 is 0 Å². The number of aryl methyl sites for hydroxylation is 3. The zero-order valence-electron chi connectivity index (χ0n) is 10.5. The summed E-state index contributed by atoms with van der Waals surface area (Å²) in [5.74, 6) is 0.381. The van der Waals surface area contributed by atoms with Gasteiger partial charge < -0.3 is 4.74 Å². The number of ether oxygens (including phenoxy) is 1. The Labute approximate surface area is 110 Å². The van der Waals surface area contributed by atoms with Crippen molar-refractivity contribution in [2.45, 2.75) is 20.5 Å². The number of hydrogen-bond acceptors (Lipinski definition) is 2. The minimum Gasteiger partial charge on any atom is -0.488 e. The predicted octanol–water partition coefficient (Wildman–Crippen LogP) is 3.41. The zero-order chi connectivity index (χ0) is 13.3. The molecule has 0 atom stereocenters. The molecule has 0 N–H and O–H groups in total. The quantitative estimate of drug-likeness (QED) is 0.853. The smallest absolute Gasteiger partial charge is 0.133 e. The molecular formula is C13H14ClFN2O. The van der Waals surface area contributed by atoms with Crippen LogP contribution in [0.3, 0.4) is 0 Å². The number of nitrogens with zero attached hydrogens (tertiary/aromatic N) is 2. The Balaban J connectivity index is 2.16. The monoisotopic (exact) mass is 268 g/mol. The van der Waals surface area contributed by atoms with Crippen LogP contribution in [-0.2, 0) is 13.7 Å². The number of hydrogen-bond donors (Lipinski definition) is 0. The number of benzene rings is 1. The summed E-state index contributed by atoms with van der Waals surface area (Å²) in [4.78, 5) is 0. The largest absolute Gasteiger partial charge is 0.488 e. The van der Waals surface area contributed by atoms with E-state index in [0.29, 0.717) is 17.5 Å². The van der Waals surface area contributed by atoms with Crippen LogP contribution in [-0.4, -0.2) is 9.78 Å². The average Bonchev–Trinajstić information content (AvgIpc) is 2.53. The summed E-state index contributed by atoms with van der Waals surface area (Å²) in [7, 11) is 1.78. The van der Waals surface area contributed by atoms with Gasteiger partial charge in [0.1, 0.15) is 23.3 Å². The van der Waals surface area contributed by atoms with E-state index in [4.69, 9.17) is 16.3 Å². The third kappa shape index (κ3) is 2.48. The predicted molar refractivity (Wildman–Crippen MR) is 68.4 cm³/mol. The van der Waals surface area contributed by atoms with Gasteiger partial charge in [0.05, 0.1) is 5.69 Å². The molecule has 3 nitrogen and oxygen atoms in total. The molecule has 1 heterocycles. The van der Waals surface area contributed by atoms with Crippen LogP contribution in [0.4, 0.5) is 4.39 Å². The molecule has 0 saturated heterocycles. The standard InChI is InChI=1S/C13H14ClFN2O/c1-8-6-10(15)4-5-12(8)18-7-11-9(2)16-17(3)13(11)14/h4-6H,7H2,1-3H3. The maximum absolute atomic E-state index is 13.0. The van der Waals surface area contributed by atoms with E-state index < -0.39 is 0 Å². The van der Waals surface area contributed by atoms with Crippen molar-refractivity contribution >= 4 is 11.6 Å². The van der Waals surface area contributed by atoms with Crippen molar-refractivity contribution in [2.75, 3.05) is 0 Å². The first-order valence-corrected chi connectivity index (χ1v) is 5.93. The van der Waals surface area contributed by atoms with E-state index in [1.165, 1.54) is 12.1 Å². The van der Waals surface area contributed by atoms with Crippen molar-refractivity contribution < 1.29 is 9.13 Å². The molecule has 0 bridgehead atoms. The van der Waals surface area contributed by atoms with E-state index in [0.717, 1.165) is 16.8 Å². The van der Waals surface area contributed by atoms with Crippen LogP contribution in [0, 0.1) is 19.7 Å². The summed E-state index contributed by atoms with van der Waals surface area (Å²) < 4.78 is 20.2. The highest BCUT2D eigenvalue weighted by Gasteiger charge is 2.12. The Bertz CT molecular complexity index is 581. The van der Waals surface area contributed by atoms with Crippen molar-refractivity contribution in [1.82, 2.24) is 9.78 Å². The average molecular weight is 269 g/mol. The molecule has 0 unspecified atom stereocenters. The van der Waals surface area contributed by atoms with Crippen molar-refractivity contribution in [3.8, 4) is 5.75 Å². The summed E-state index contributed by atoms with van der Waals surface area (Å²) in [6, 6.07) is 4.43. The summed E-state index contributed by atoms with van der Waals surface area (Å²) >= 11 is 6.11. The molecule has 0 aliphatic heterocycles. The lowest BCUT2D eigenvalue weighted by molar-refractivity contribution is 0.303. The van der Waals surface area contributed by atoms with E-state index in [-0.39, 0.29) is 5.82 Å². The number of rotatable bonds is 3. The Morgan fingerprint density at radius 3 is 2.67 bits per heavy atom. The highest BCUT2D eigenvalue weighted by atomic mass is 35.5. The second-order valence-corrected chi connectivity index (χ2v) is 4.53. The molecule has 2 rings (SSSR count). The molecule has 2 aromatic rings. The maximum Gasteiger partial charge on any atom is 0.133 e. The highest BCUT2D eigenvalue weighted by Crippen LogP contribution is 2.23. The number of aromatic nitrogens is 2. The summed E-state index contributed by atoms with van der Waals surface area (Å²) in [6.07, 6.45) is 0. The first kappa shape index (κ1) is 12.9. The lowest BCUT2D eigenvalue weighted by Crippen LogP contribution is -1.99. The van der Waals surface area contributed by atoms with Gasteiger partial charge in [0, 0.05) is 12.6 Å². The second-order valence-electron chi connectivity index (χ2n) is 4.18. The molecule has 1 aromatic heterocycles. The summed E-state index contributed by atoms with van der Waals surface area (Å²) in [5.41, 5.74) is 2.44. The Kier molecular flexibility index (Phi) is 3.57. The van der Waals surface area contributed by atoms with E-state index in [1.807, 2.05) is 6.92 Å². The SMILES string of the molecule is Cc1cc(F)ccc1OCc1c(C)nn(C)c1Cl. The van der Waals surface area contributed by atoms with Crippen LogP contribution in [0.1, 0.15) is 16.8 Å². The third-order valence-electron chi connectivity index (χ3n) is 2.78. The Hall–Kier alpha value is -1.55. The van der Waals surface area contributed by atoms with Gasteiger partial charge >= 0.3 is 0 Å². The molecule has 0 saturated carbocycles. The van der Waals surface area contributed by atoms with Gasteiger partial charge in [-0.05, 0) is 37.6 Å². The fourth-order valence-electron chi connectivity index (χ4n) is 1.76. The van der Waals surface area contributed by atoms with Crippen LogP contribution < -0.4 is 4.74 Å². The van der Waals surface area contributed by atoms with E-state index in [1.54, 1.807) is 24.7 Å². The van der Waals surface area contributed by atoms with Crippen LogP contribution in [0.5, 0.6) is 5.75 Å². The van der Waals surface area contributed by atoms with Gasteiger partial charge in [-0.15, -0.1) is 0 Å². The topological polar surface area (TPSA) is 27.1 Å². The fourth-order valence-corrected chi connectivity index (χ4v) is 1.99. The highest BCUT2D eigenvalue weighted by molar-refractivity contribution is 6.30. The first-order valence-electron chi connectivity index (χ1n) is 5.56. The van der Waals surface area contributed by atoms with Crippen LogP contribution in [0.2, 0.25) is 5.15 Å². The van der Waals surface area contributed by atoms with Gasteiger partial charge in [-0.25, -0.2) is 4.39 Å². The lowest BCUT2D eigenvalue weighted by atomic mass is 10.2. The molecule has 0 aliphatic rings. The van der Waals surface area contributed by atoms with Crippen molar-refractivity contribution in [3.63, 3.8) is 0 Å². The molecule has 0 amide bonds. The van der Waals surface area contributed by atoms with Crippen LogP contribution in [0.15, 0.2) is 18.2 Å².